The number of thioether (sulfide) groups is 1. The number of amides is 2. The fraction of sp³-hybridized carbons (Fsp3) is 0.923. The first kappa shape index (κ1) is 30.7. The maximum Gasteiger partial charge on any atom is 0.345 e. The molecule has 0 aliphatic carbocycles. The van der Waals surface area contributed by atoms with Gasteiger partial charge in [0.25, 0.3) is 0 Å². The fourth-order valence-electron chi connectivity index (χ4n) is 7.27. The summed E-state index contributed by atoms with van der Waals surface area (Å²) in [4.78, 5) is 28.6. The minimum Gasteiger partial charge on any atom is -0.380 e. The van der Waals surface area contributed by atoms with Gasteiger partial charge in [-0.3, -0.25) is 20.2 Å². The smallest absolute Gasteiger partial charge is 0.345 e. The third-order valence-corrected chi connectivity index (χ3v) is 11.1. The Bertz CT molecular complexity index is 899. The van der Waals surface area contributed by atoms with Crippen molar-refractivity contribution in [2.24, 2.45) is 17.8 Å². The van der Waals surface area contributed by atoms with Gasteiger partial charge in [-0.25, -0.2) is 0 Å². The third-order valence-electron chi connectivity index (χ3n) is 9.38. The summed E-state index contributed by atoms with van der Waals surface area (Å²) in [5.41, 5.74) is -0.339. The van der Waals surface area contributed by atoms with Crippen LogP contribution in [0.5, 0.6) is 0 Å². The molecule has 2 amide bonds. The summed E-state index contributed by atoms with van der Waals surface area (Å²) in [6, 6.07) is -0.328. The van der Waals surface area contributed by atoms with Crippen molar-refractivity contribution in [3.8, 4) is 0 Å². The predicted octanol–water partition coefficient (Wildman–Crippen LogP) is 0.854. The number of methoxy groups -OCH3 is 1. The second-order valence-corrected chi connectivity index (χ2v) is 13.8. The monoisotopic (exact) mass is 608 g/mol. The predicted molar refractivity (Wildman–Crippen MR) is 149 cm³/mol. The van der Waals surface area contributed by atoms with E-state index in [9.17, 15) is 18.4 Å². The molecule has 0 aromatic heterocycles. The summed E-state index contributed by atoms with van der Waals surface area (Å²) in [6.07, 6.45) is 1.96. The molecule has 5 aliphatic rings. The van der Waals surface area contributed by atoms with Crippen LogP contribution < -0.4 is 26.6 Å². The standard InChI is InChI=1S/C26H43ClF2N6O4S/c1-12-6-14(15-7-22(27)31-9-20(15)38-3)16(8-30-12)23(36)34-26-33-18-10-35(11-21(18)40-26)24(37)17-4-5-19(13(2)32-17)39-25(28)29/h12-22,25-26,30-33H,4-11H2,1-3H3,(H,34,36). The van der Waals surface area contributed by atoms with Crippen LogP contribution >= 0.6 is 23.4 Å². The molecule has 0 spiro atoms. The van der Waals surface area contributed by atoms with E-state index < -0.39 is 18.8 Å². The molecule has 5 aliphatic heterocycles. The first-order chi connectivity index (χ1) is 19.1. The molecule has 0 bridgehead atoms. The van der Waals surface area contributed by atoms with Gasteiger partial charge in [0.2, 0.25) is 11.8 Å². The maximum atomic E-state index is 13.6. The Morgan fingerprint density at radius 1 is 1.05 bits per heavy atom. The summed E-state index contributed by atoms with van der Waals surface area (Å²) < 4.78 is 35.7. The van der Waals surface area contributed by atoms with Gasteiger partial charge in [-0.15, -0.1) is 23.4 Å². The van der Waals surface area contributed by atoms with E-state index in [2.05, 4.69) is 38.2 Å². The highest BCUT2D eigenvalue weighted by Gasteiger charge is 2.47. The molecule has 40 heavy (non-hydrogen) atoms. The van der Waals surface area contributed by atoms with Crippen LogP contribution in [0.1, 0.15) is 39.5 Å². The molecule has 12 unspecified atom stereocenters. The van der Waals surface area contributed by atoms with Crippen molar-refractivity contribution < 1.29 is 27.8 Å². The quantitative estimate of drug-likeness (QED) is 0.212. The molecule has 12 atom stereocenters. The lowest BCUT2D eigenvalue weighted by Gasteiger charge is -2.45. The van der Waals surface area contributed by atoms with E-state index >= 15 is 0 Å². The maximum absolute atomic E-state index is 13.6. The zero-order chi connectivity index (χ0) is 28.6. The van der Waals surface area contributed by atoms with Gasteiger partial charge in [-0.2, -0.15) is 8.78 Å². The van der Waals surface area contributed by atoms with Crippen molar-refractivity contribution >= 4 is 35.2 Å². The Kier molecular flexibility index (Phi) is 10.1. The van der Waals surface area contributed by atoms with E-state index in [1.54, 1.807) is 25.8 Å². The number of hydrogen-bond acceptors (Lipinski definition) is 9. The van der Waals surface area contributed by atoms with E-state index in [4.69, 9.17) is 16.3 Å². The number of hydrogen-bond donors (Lipinski definition) is 5. The molecule has 5 heterocycles. The summed E-state index contributed by atoms with van der Waals surface area (Å²) in [7, 11) is 1.73. The minimum atomic E-state index is -2.82. The van der Waals surface area contributed by atoms with Gasteiger partial charge >= 0.3 is 6.61 Å². The summed E-state index contributed by atoms with van der Waals surface area (Å²) >= 11 is 8.12. The fourth-order valence-corrected chi connectivity index (χ4v) is 8.97. The molecule has 0 aromatic rings. The number of carbonyl (C=O) groups excluding carboxylic acids is 2. The largest absolute Gasteiger partial charge is 0.380 e. The van der Waals surface area contributed by atoms with Gasteiger partial charge in [0.05, 0.1) is 29.7 Å². The van der Waals surface area contributed by atoms with Crippen molar-refractivity contribution in [2.45, 2.75) is 98.8 Å². The van der Waals surface area contributed by atoms with E-state index in [-0.39, 0.29) is 64.0 Å². The van der Waals surface area contributed by atoms with Crippen molar-refractivity contribution in [3.63, 3.8) is 0 Å². The minimum absolute atomic E-state index is 0.00256. The van der Waals surface area contributed by atoms with Crippen molar-refractivity contribution in [1.29, 1.82) is 0 Å². The van der Waals surface area contributed by atoms with Crippen molar-refractivity contribution in [2.75, 3.05) is 33.3 Å². The number of ether oxygens (including phenoxy) is 2. The average Bonchev–Trinajstić information content (AvgIpc) is 3.48. The van der Waals surface area contributed by atoms with E-state index in [1.165, 1.54) is 0 Å². The summed E-state index contributed by atoms with van der Waals surface area (Å²) in [5, 5.41) is 16.8. The lowest BCUT2D eigenvalue weighted by molar-refractivity contribution is -0.177. The highest BCUT2D eigenvalue weighted by Crippen LogP contribution is 2.38. The van der Waals surface area contributed by atoms with Gasteiger partial charge in [-0.1, -0.05) is 0 Å². The normalized spacial score (nSPS) is 44.0. The van der Waals surface area contributed by atoms with Gasteiger partial charge in [-0.05, 0) is 51.4 Å². The van der Waals surface area contributed by atoms with E-state index in [0.717, 1.165) is 12.8 Å². The second-order valence-electron chi connectivity index (χ2n) is 12.0. The number of carbonyl (C=O) groups is 2. The number of nitrogens with one attached hydrogen (secondary N) is 5. The van der Waals surface area contributed by atoms with Gasteiger partial charge in [0, 0.05) is 56.7 Å². The molecule has 10 nitrogen and oxygen atoms in total. The number of fused-ring (bicyclic) bond motifs is 1. The van der Waals surface area contributed by atoms with Gasteiger partial charge < -0.3 is 30.3 Å². The molecule has 5 rings (SSSR count). The Labute approximate surface area is 244 Å². The van der Waals surface area contributed by atoms with Crippen molar-refractivity contribution in [3.05, 3.63) is 0 Å². The van der Waals surface area contributed by atoms with E-state index in [1.807, 2.05) is 4.90 Å². The molecule has 228 valence electrons. The van der Waals surface area contributed by atoms with Crippen LogP contribution in [0.3, 0.4) is 0 Å². The SMILES string of the molecule is COC1CNC(Cl)CC1C1CC(C)NCC1C(=O)NC1NC2CN(C(=O)C3CCC(OC(F)F)C(C)N3)CC2S1. The Balaban J connectivity index is 1.12. The van der Waals surface area contributed by atoms with Crippen LogP contribution in [0, 0.1) is 17.8 Å². The lowest BCUT2D eigenvalue weighted by atomic mass is 9.70. The zero-order valence-electron chi connectivity index (χ0n) is 23.3. The van der Waals surface area contributed by atoms with Crippen LogP contribution in [-0.2, 0) is 19.1 Å². The Morgan fingerprint density at radius 3 is 2.55 bits per heavy atom. The third kappa shape index (κ3) is 6.88. The molecular formula is C26H43ClF2N6O4S. The Hall–Kier alpha value is -0.800. The first-order valence-electron chi connectivity index (χ1n) is 14.5. The zero-order valence-corrected chi connectivity index (χ0v) is 24.9. The molecule has 5 fully saturated rings. The van der Waals surface area contributed by atoms with Gasteiger partial charge in [0.1, 0.15) is 5.50 Å². The summed E-state index contributed by atoms with van der Waals surface area (Å²) in [6.45, 7) is 3.56. The van der Waals surface area contributed by atoms with Crippen LogP contribution in [0.25, 0.3) is 0 Å². The van der Waals surface area contributed by atoms with Crippen LogP contribution in [0.4, 0.5) is 8.78 Å². The molecule has 0 radical (unpaired) electrons. The topological polar surface area (TPSA) is 116 Å². The number of rotatable bonds is 7. The number of halogens is 3. The first-order valence-corrected chi connectivity index (χ1v) is 15.8. The second kappa shape index (κ2) is 13.2. The average molecular weight is 609 g/mol. The van der Waals surface area contributed by atoms with E-state index in [0.29, 0.717) is 45.1 Å². The van der Waals surface area contributed by atoms with Crippen LogP contribution in [0.2, 0.25) is 0 Å². The Morgan fingerprint density at radius 2 is 1.85 bits per heavy atom. The number of nitrogens with zero attached hydrogens (tertiary/aromatic N) is 1. The lowest BCUT2D eigenvalue weighted by Crippen LogP contribution is -2.58. The van der Waals surface area contributed by atoms with Gasteiger partial charge in [0.15, 0.2) is 0 Å². The number of alkyl halides is 3. The van der Waals surface area contributed by atoms with Crippen LogP contribution in [-0.4, -0.2) is 109 Å². The molecule has 0 aromatic carbocycles. The number of likely N-dealkylation sites (tertiary alicyclic amines) is 1. The molecule has 0 saturated carbocycles. The molecule has 5 saturated heterocycles. The highest BCUT2D eigenvalue weighted by atomic mass is 35.5. The molecule has 14 heteroatoms. The van der Waals surface area contributed by atoms with Crippen molar-refractivity contribution in [1.82, 2.24) is 31.5 Å². The van der Waals surface area contributed by atoms with Crippen LogP contribution in [0.15, 0.2) is 0 Å². The summed E-state index contributed by atoms with van der Waals surface area (Å²) in [5.74, 6) is 0.212. The number of piperidine rings is 3. The molecular weight excluding hydrogens is 566 g/mol. The molecule has 5 N–H and O–H groups in total. The highest BCUT2D eigenvalue weighted by molar-refractivity contribution is 8.00.